The Morgan fingerprint density at radius 1 is 1.13 bits per heavy atom. The van der Waals surface area contributed by atoms with E-state index in [4.69, 9.17) is 14.6 Å². The molecule has 2 aromatic carbocycles. The number of nitrogens with zero attached hydrogens (tertiary/aromatic N) is 2. The number of rotatable bonds is 4. The molecule has 1 aliphatic heterocycles. The van der Waals surface area contributed by atoms with Crippen LogP contribution in [-0.4, -0.2) is 30.1 Å². The van der Waals surface area contributed by atoms with Crippen molar-refractivity contribution < 1.29 is 9.47 Å². The number of fused-ring (bicyclic) bond motifs is 1. The average Bonchev–Trinajstić information content (AvgIpc) is 2.83. The summed E-state index contributed by atoms with van der Waals surface area (Å²) in [5.74, 6) is 0.893. The summed E-state index contributed by atoms with van der Waals surface area (Å²) in [6, 6.07) is 15.3. The van der Waals surface area contributed by atoms with Crippen molar-refractivity contribution in [2.45, 2.75) is 19.4 Å². The summed E-state index contributed by atoms with van der Waals surface area (Å²) < 4.78 is 12.6. The van der Waals surface area contributed by atoms with Crippen LogP contribution in [0.15, 0.2) is 42.5 Å². The molecule has 4 nitrogen and oxygen atoms in total. The number of aromatic nitrogens is 2. The lowest BCUT2D eigenvalue weighted by Gasteiger charge is -2.26. The largest absolute Gasteiger partial charge is 0.497 e. The number of benzene rings is 2. The Balaban J connectivity index is 1.64. The maximum atomic E-state index is 5.30. The summed E-state index contributed by atoms with van der Waals surface area (Å²) >= 11 is 0. The molecule has 1 aliphatic rings. The molecule has 118 valence electrons. The highest BCUT2D eigenvalue weighted by Gasteiger charge is 2.23. The third-order valence-electron chi connectivity index (χ3n) is 4.49. The molecule has 1 saturated heterocycles. The Bertz CT molecular complexity index is 832. The molecule has 3 aromatic rings. The minimum absolute atomic E-state index is 0.388. The molecule has 0 unspecified atom stereocenters. The minimum Gasteiger partial charge on any atom is -0.497 e. The SMILES string of the molecule is COc1ccc(Cc2ccc3c(c2)c(C)nn3C2COC2)cc1. The van der Waals surface area contributed by atoms with Gasteiger partial charge in [-0.2, -0.15) is 5.10 Å². The van der Waals surface area contributed by atoms with Gasteiger partial charge in [-0.25, -0.2) is 0 Å². The van der Waals surface area contributed by atoms with Crippen molar-refractivity contribution in [3.05, 3.63) is 59.3 Å². The fourth-order valence-corrected chi connectivity index (χ4v) is 3.07. The topological polar surface area (TPSA) is 36.3 Å². The minimum atomic E-state index is 0.388. The Morgan fingerprint density at radius 2 is 1.87 bits per heavy atom. The average molecular weight is 308 g/mol. The second kappa shape index (κ2) is 5.70. The number of ether oxygens (including phenoxy) is 2. The van der Waals surface area contributed by atoms with Crippen LogP contribution < -0.4 is 4.74 Å². The van der Waals surface area contributed by atoms with Crippen LogP contribution in [0.1, 0.15) is 22.9 Å². The van der Waals surface area contributed by atoms with Crippen LogP contribution in [-0.2, 0) is 11.2 Å². The number of hydrogen-bond donors (Lipinski definition) is 0. The monoisotopic (exact) mass is 308 g/mol. The zero-order chi connectivity index (χ0) is 15.8. The summed E-state index contributed by atoms with van der Waals surface area (Å²) in [7, 11) is 1.69. The second-order valence-electron chi connectivity index (χ2n) is 6.10. The van der Waals surface area contributed by atoms with Crippen molar-refractivity contribution in [2.24, 2.45) is 0 Å². The molecule has 0 radical (unpaired) electrons. The second-order valence-corrected chi connectivity index (χ2v) is 6.10. The molecule has 1 aromatic heterocycles. The van der Waals surface area contributed by atoms with Crippen LogP contribution >= 0.6 is 0 Å². The fraction of sp³-hybridized carbons (Fsp3) is 0.316. The highest BCUT2D eigenvalue weighted by molar-refractivity contribution is 5.82. The maximum Gasteiger partial charge on any atom is 0.118 e. The summed E-state index contributed by atoms with van der Waals surface area (Å²) in [5.41, 5.74) is 4.87. The maximum absolute atomic E-state index is 5.30. The Morgan fingerprint density at radius 3 is 2.52 bits per heavy atom. The number of hydrogen-bond acceptors (Lipinski definition) is 3. The quantitative estimate of drug-likeness (QED) is 0.740. The van der Waals surface area contributed by atoms with Crippen LogP contribution in [0.4, 0.5) is 0 Å². The normalized spacial score (nSPS) is 14.9. The van der Waals surface area contributed by atoms with E-state index in [1.165, 1.54) is 22.0 Å². The van der Waals surface area contributed by atoms with Crippen molar-refractivity contribution in [2.75, 3.05) is 20.3 Å². The third kappa shape index (κ3) is 2.59. The van der Waals surface area contributed by atoms with Crippen molar-refractivity contribution >= 4 is 10.9 Å². The van der Waals surface area contributed by atoms with Crippen LogP contribution in [0.3, 0.4) is 0 Å². The smallest absolute Gasteiger partial charge is 0.118 e. The molecule has 0 atom stereocenters. The van der Waals surface area contributed by atoms with Crippen molar-refractivity contribution in [1.82, 2.24) is 9.78 Å². The first-order chi connectivity index (χ1) is 11.2. The van der Waals surface area contributed by atoms with Crippen LogP contribution in [0.2, 0.25) is 0 Å². The summed E-state index contributed by atoms with van der Waals surface area (Å²) in [6.07, 6.45) is 0.914. The molecule has 4 rings (SSSR count). The molecule has 0 spiro atoms. The van der Waals surface area contributed by atoms with Gasteiger partial charge in [-0.05, 0) is 48.7 Å². The van der Waals surface area contributed by atoms with E-state index in [-0.39, 0.29) is 0 Å². The van der Waals surface area contributed by atoms with Gasteiger partial charge in [0.15, 0.2) is 0 Å². The zero-order valence-corrected chi connectivity index (χ0v) is 13.5. The van der Waals surface area contributed by atoms with Gasteiger partial charge in [-0.15, -0.1) is 0 Å². The van der Waals surface area contributed by atoms with Gasteiger partial charge in [0.1, 0.15) is 5.75 Å². The van der Waals surface area contributed by atoms with Gasteiger partial charge < -0.3 is 9.47 Å². The number of aryl methyl sites for hydroxylation is 1. The molecular formula is C19H20N2O2. The fourth-order valence-electron chi connectivity index (χ4n) is 3.07. The third-order valence-corrected chi connectivity index (χ3v) is 4.49. The van der Waals surface area contributed by atoms with Crippen molar-refractivity contribution in [3.63, 3.8) is 0 Å². The molecule has 0 aliphatic carbocycles. The van der Waals surface area contributed by atoms with E-state index in [1.54, 1.807) is 7.11 Å². The van der Waals surface area contributed by atoms with E-state index in [1.807, 2.05) is 12.1 Å². The first kappa shape index (κ1) is 14.3. The van der Waals surface area contributed by atoms with Gasteiger partial charge in [0.05, 0.1) is 37.6 Å². The Labute approximate surface area is 135 Å². The molecular weight excluding hydrogens is 288 g/mol. The van der Waals surface area contributed by atoms with E-state index < -0.39 is 0 Å². The van der Waals surface area contributed by atoms with Gasteiger partial charge in [-0.3, -0.25) is 4.68 Å². The van der Waals surface area contributed by atoms with Gasteiger partial charge in [0.2, 0.25) is 0 Å². The Hall–Kier alpha value is -2.33. The van der Waals surface area contributed by atoms with Gasteiger partial charge in [-0.1, -0.05) is 18.2 Å². The Kier molecular flexibility index (Phi) is 3.54. The zero-order valence-electron chi connectivity index (χ0n) is 13.5. The number of methoxy groups -OCH3 is 1. The van der Waals surface area contributed by atoms with Gasteiger partial charge in [0, 0.05) is 5.39 Å². The summed E-state index contributed by atoms with van der Waals surface area (Å²) in [4.78, 5) is 0. The molecule has 0 saturated carbocycles. The lowest BCUT2D eigenvalue weighted by molar-refractivity contribution is -0.0267. The molecule has 2 heterocycles. The first-order valence-corrected chi connectivity index (χ1v) is 7.93. The van der Waals surface area contributed by atoms with E-state index in [0.717, 1.165) is 31.1 Å². The molecule has 0 N–H and O–H groups in total. The summed E-state index contributed by atoms with van der Waals surface area (Å²) in [5, 5.41) is 5.94. The molecule has 23 heavy (non-hydrogen) atoms. The standard InChI is InChI=1S/C19H20N2O2/c1-13-18-10-15(9-14-3-6-17(22-2)7-4-14)5-8-19(18)21(20-13)16-11-23-12-16/h3-8,10,16H,9,11-12H2,1-2H3. The highest BCUT2D eigenvalue weighted by Crippen LogP contribution is 2.27. The highest BCUT2D eigenvalue weighted by atomic mass is 16.5. The van der Waals surface area contributed by atoms with Crippen LogP contribution in [0.25, 0.3) is 10.9 Å². The summed E-state index contributed by atoms with van der Waals surface area (Å²) in [6.45, 7) is 3.61. The predicted molar refractivity (Wildman–Crippen MR) is 90.1 cm³/mol. The molecule has 1 fully saturated rings. The van der Waals surface area contributed by atoms with E-state index in [2.05, 4.69) is 41.9 Å². The van der Waals surface area contributed by atoms with E-state index in [0.29, 0.717) is 6.04 Å². The van der Waals surface area contributed by atoms with Crippen molar-refractivity contribution in [3.8, 4) is 5.75 Å². The van der Waals surface area contributed by atoms with E-state index >= 15 is 0 Å². The van der Waals surface area contributed by atoms with E-state index in [9.17, 15) is 0 Å². The first-order valence-electron chi connectivity index (χ1n) is 7.93. The van der Waals surface area contributed by atoms with Gasteiger partial charge >= 0.3 is 0 Å². The van der Waals surface area contributed by atoms with Crippen LogP contribution in [0, 0.1) is 6.92 Å². The van der Waals surface area contributed by atoms with Crippen LogP contribution in [0.5, 0.6) is 5.75 Å². The van der Waals surface area contributed by atoms with Gasteiger partial charge in [0.25, 0.3) is 0 Å². The lowest BCUT2D eigenvalue weighted by Crippen LogP contribution is -2.31. The lowest BCUT2D eigenvalue weighted by atomic mass is 10.0. The predicted octanol–water partition coefficient (Wildman–Crippen LogP) is 3.52. The molecule has 0 bridgehead atoms. The van der Waals surface area contributed by atoms with Crippen molar-refractivity contribution in [1.29, 1.82) is 0 Å². The molecule has 0 amide bonds. The molecule has 4 heteroatoms.